The number of esters is 1. The van der Waals surface area contributed by atoms with Gasteiger partial charge < -0.3 is 28.6 Å². The average Bonchev–Trinajstić information content (AvgIpc) is 3.22. The lowest BCUT2D eigenvalue weighted by Gasteiger charge is -2.25. The van der Waals surface area contributed by atoms with Gasteiger partial charge >= 0.3 is 5.97 Å². The lowest BCUT2D eigenvalue weighted by atomic mass is 9.84. The summed E-state index contributed by atoms with van der Waals surface area (Å²) < 4.78 is 43.2. The average molecular weight is 573 g/mol. The van der Waals surface area contributed by atoms with Crippen LogP contribution in [-0.2, 0) is 21.5 Å². The minimum atomic E-state index is -0.661. The zero-order valence-corrected chi connectivity index (χ0v) is 25.1. The second kappa shape index (κ2) is 13.7. The summed E-state index contributed by atoms with van der Waals surface area (Å²) in [6.07, 6.45) is 0.651. The molecule has 41 heavy (non-hydrogen) atoms. The van der Waals surface area contributed by atoms with Crippen molar-refractivity contribution < 1.29 is 37.7 Å². The number of fused-ring (bicyclic) bond motifs is 1. The van der Waals surface area contributed by atoms with Crippen LogP contribution in [0.5, 0.6) is 23.0 Å². The number of nitrogens with zero attached hydrogens (tertiary/aromatic N) is 1. The summed E-state index contributed by atoms with van der Waals surface area (Å²) in [7, 11) is 1.54. The number of nitrogens with one attached hydrogen (secondary N) is 1. The van der Waals surface area contributed by atoms with Crippen LogP contribution in [0.3, 0.4) is 0 Å². The summed E-state index contributed by atoms with van der Waals surface area (Å²) in [4.78, 5) is 26.8. The van der Waals surface area contributed by atoms with Gasteiger partial charge in [-0.25, -0.2) is 4.39 Å². The highest BCUT2D eigenvalue weighted by Crippen LogP contribution is 2.41. The third-order valence-corrected chi connectivity index (χ3v) is 6.58. The van der Waals surface area contributed by atoms with Gasteiger partial charge in [-0.15, -0.1) is 0 Å². The predicted molar refractivity (Wildman–Crippen MR) is 153 cm³/mol. The monoisotopic (exact) mass is 572 g/mol. The van der Waals surface area contributed by atoms with Gasteiger partial charge in [0.2, 0.25) is 0 Å². The van der Waals surface area contributed by atoms with E-state index in [4.69, 9.17) is 29.1 Å². The van der Waals surface area contributed by atoms with E-state index in [9.17, 15) is 9.59 Å². The Labute approximate surface area is 241 Å². The second-order valence-corrected chi connectivity index (χ2v) is 10.6. The number of Topliss-reactive ketones (excluding diaryl/α,β-unsaturated/α-hetero) is 1. The molecule has 0 aromatic heterocycles. The highest BCUT2D eigenvalue weighted by Gasteiger charge is 2.34. The molecule has 0 atom stereocenters. The number of amidine groups is 1. The van der Waals surface area contributed by atoms with Gasteiger partial charge in [-0.1, -0.05) is 20.8 Å². The summed E-state index contributed by atoms with van der Waals surface area (Å²) in [6, 6.07) is 5.08. The number of carbonyl (C=O) groups is 2. The number of ketones is 1. The van der Waals surface area contributed by atoms with E-state index in [1.165, 1.54) is 4.90 Å². The van der Waals surface area contributed by atoms with Gasteiger partial charge in [0, 0.05) is 24.1 Å². The van der Waals surface area contributed by atoms with E-state index in [0.717, 1.165) is 5.56 Å². The first kappa shape index (κ1) is 31.7. The molecule has 2 aromatic rings. The van der Waals surface area contributed by atoms with E-state index in [2.05, 4.69) is 0 Å². The highest BCUT2D eigenvalue weighted by molar-refractivity contribution is 6.06. The van der Waals surface area contributed by atoms with Crippen LogP contribution in [-0.4, -0.2) is 62.6 Å². The molecular formula is C31H41FN2O7. The molecule has 10 heteroatoms. The van der Waals surface area contributed by atoms with Gasteiger partial charge in [0.15, 0.2) is 34.6 Å². The molecule has 9 nitrogen and oxygen atoms in total. The maximum atomic E-state index is 15.5. The third-order valence-electron chi connectivity index (χ3n) is 6.58. The SMILES string of the molecule is CCOC(=O)CCCOc1cc(C(=O)CN2Cc3cc(OCC)c(OCC)c(F)c3C2=N)cc(C(C)(C)C)c1OC. The summed E-state index contributed by atoms with van der Waals surface area (Å²) in [5.74, 6) is -0.152. The van der Waals surface area contributed by atoms with Gasteiger partial charge in [-0.3, -0.25) is 15.0 Å². The van der Waals surface area contributed by atoms with Crippen molar-refractivity contribution in [1.82, 2.24) is 4.90 Å². The largest absolute Gasteiger partial charge is 0.493 e. The van der Waals surface area contributed by atoms with Crippen molar-refractivity contribution >= 4 is 17.6 Å². The second-order valence-electron chi connectivity index (χ2n) is 10.6. The first-order chi connectivity index (χ1) is 19.5. The van der Waals surface area contributed by atoms with E-state index in [1.807, 2.05) is 20.8 Å². The zero-order valence-electron chi connectivity index (χ0n) is 25.1. The van der Waals surface area contributed by atoms with Gasteiger partial charge in [0.1, 0.15) is 5.84 Å². The molecule has 1 N–H and O–H groups in total. The van der Waals surface area contributed by atoms with Crippen LogP contribution in [0.4, 0.5) is 4.39 Å². The summed E-state index contributed by atoms with van der Waals surface area (Å²) in [5, 5.41) is 8.66. The fourth-order valence-corrected chi connectivity index (χ4v) is 4.69. The maximum absolute atomic E-state index is 15.5. The van der Waals surface area contributed by atoms with Crippen molar-refractivity contribution in [1.29, 1.82) is 5.41 Å². The fraction of sp³-hybridized carbons (Fsp3) is 0.516. The molecule has 224 valence electrons. The minimum absolute atomic E-state index is 0.0271. The normalized spacial score (nSPS) is 12.7. The molecule has 0 saturated heterocycles. The number of methoxy groups -OCH3 is 1. The minimum Gasteiger partial charge on any atom is -0.493 e. The number of benzene rings is 2. The molecule has 0 bridgehead atoms. The molecule has 0 radical (unpaired) electrons. The summed E-state index contributed by atoms with van der Waals surface area (Å²) >= 11 is 0. The van der Waals surface area contributed by atoms with Crippen molar-refractivity contribution in [3.63, 3.8) is 0 Å². The maximum Gasteiger partial charge on any atom is 0.305 e. The summed E-state index contributed by atoms with van der Waals surface area (Å²) in [6.45, 7) is 12.5. The molecule has 3 rings (SSSR count). The van der Waals surface area contributed by atoms with Crippen LogP contribution in [0.1, 0.15) is 81.4 Å². The Morgan fingerprint density at radius 3 is 2.27 bits per heavy atom. The molecule has 0 aliphatic carbocycles. The highest BCUT2D eigenvalue weighted by atomic mass is 19.1. The van der Waals surface area contributed by atoms with Crippen LogP contribution in [0.2, 0.25) is 0 Å². The molecule has 0 unspecified atom stereocenters. The van der Waals surface area contributed by atoms with Crippen molar-refractivity contribution in [2.24, 2.45) is 0 Å². The van der Waals surface area contributed by atoms with Crippen molar-refractivity contribution in [3.05, 3.63) is 46.3 Å². The van der Waals surface area contributed by atoms with Crippen LogP contribution < -0.4 is 18.9 Å². The quantitative estimate of drug-likeness (QED) is 0.175. The molecule has 1 heterocycles. The fourth-order valence-electron chi connectivity index (χ4n) is 4.69. The van der Waals surface area contributed by atoms with Crippen molar-refractivity contribution in [3.8, 4) is 23.0 Å². The zero-order chi connectivity index (χ0) is 30.3. The molecule has 0 fully saturated rings. The molecule has 0 amide bonds. The first-order valence-electron chi connectivity index (χ1n) is 14.0. The Morgan fingerprint density at radius 2 is 1.66 bits per heavy atom. The first-order valence-corrected chi connectivity index (χ1v) is 14.0. The lowest BCUT2D eigenvalue weighted by molar-refractivity contribution is -0.143. The van der Waals surface area contributed by atoms with E-state index >= 15 is 4.39 Å². The molecule has 1 aliphatic heterocycles. The van der Waals surface area contributed by atoms with E-state index in [0.29, 0.717) is 42.3 Å². The van der Waals surface area contributed by atoms with E-state index < -0.39 is 5.82 Å². The topological polar surface area (TPSA) is 107 Å². The van der Waals surface area contributed by atoms with Crippen LogP contribution in [0, 0.1) is 11.2 Å². The molecule has 0 saturated carbocycles. The van der Waals surface area contributed by atoms with Gasteiger partial charge in [-0.2, -0.15) is 0 Å². The van der Waals surface area contributed by atoms with Crippen LogP contribution >= 0.6 is 0 Å². The number of ether oxygens (including phenoxy) is 5. The number of hydrogen-bond acceptors (Lipinski definition) is 8. The Kier molecular flexibility index (Phi) is 10.6. The number of halogens is 1. The Bertz CT molecular complexity index is 1290. The van der Waals surface area contributed by atoms with Crippen LogP contribution in [0.25, 0.3) is 0 Å². The summed E-state index contributed by atoms with van der Waals surface area (Å²) in [5.41, 5.74) is 1.45. The Morgan fingerprint density at radius 1 is 0.976 bits per heavy atom. The van der Waals surface area contributed by atoms with Crippen LogP contribution in [0.15, 0.2) is 18.2 Å². The molecular weight excluding hydrogens is 531 g/mol. The van der Waals surface area contributed by atoms with Crippen molar-refractivity contribution in [2.45, 2.75) is 66.3 Å². The molecule has 1 aliphatic rings. The van der Waals surface area contributed by atoms with Gasteiger partial charge in [-0.05, 0) is 56.4 Å². The Hall–Kier alpha value is -3.82. The van der Waals surface area contributed by atoms with Crippen molar-refractivity contribution in [2.75, 3.05) is 40.1 Å². The third kappa shape index (κ3) is 7.28. The smallest absolute Gasteiger partial charge is 0.305 e. The predicted octanol–water partition coefficient (Wildman–Crippen LogP) is 5.68. The van der Waals surface area contributed by atoms with E-state index in [-0.39, 0.29) is 72.8 Å². The standard InChI is InChI=1S/C31H41FN2O7/c1-8-38-24-16-20-17-34(30(33)26(20)27(32)29(24)40-10-3)18-22(35)19-14-21(31(4,5)6)28(37-7)23(15-19)41-13-11-12-25(36)39-9-2/h14-16,33H,8-13,17-18H2,1-7H3. The number of rotatable bonds is 14. The lowest BCUT2D eigenvalue weighted by Crippen LogP contribution is -2.30. The Balaban J connectivity index is 1.87. The van der Waals surface area contributed by atoms with Gasteiger partial charge in [0.25, 0.3) is 0 Å². The van der Waals surface area contributed by atoms with Gasteiger partial charge in [0.05, 0.1) is 45.6 Å². The molecule has 2 aromatic carbocycles. The molecule has 0 spiro atoms. The number of hydrogen-bond donors (Lipinski definition) is 1. The number of carbonyl (C=O) groups excluding carboxylic acids is 2. The van der Waals surface area contributed by atoms with E-state index in [1.54, 1.807) is 46.1 Å².